The van der Waals surface area contributed by atoms with Gasteiger partial charge in [-0.3, -0.25) is 19.8 Å². The van der Waals surface area contributed by atoms with Crippen molar-refractivity contribution in [1.82, 2.24) is 9.66 Å². The van der Waals surface area contributed by atoms with Crippen molar-refractivity contribution in [3.63, 3.8) is 0 Å². The molecular formula is C20H18N4O4. The summed E-state index contributed by atoms with van der Waals surface area (Å²) in [7, 11) is 1.55. The van der Waals surface area contributed by atoms with Crippen LogP contribution in [0.1, 0.15) is 6.42 Å². The molecule has 0 bridgehead atoms. The standard InChI is InChI=1S/C20H18N4O4/c1-28-15-6-4-5-14(10-15)23-11-13(9-18(23)25)19(26)22-24-12-21-17-8-3-2-7-16(17)20(24)27/h2-8,10,12-13H,9,11H2,1H3,(H,22,26)/t13-/m0/s1. The highest BCUT2D eigenvalue weighted by Gasteiger charge is 2.35. The molecule has 2 aromatic carbocycles. The van der Waals surface area contributed by atoms with E-state index < -0.39 is 11.8 Å². The molecule has 0 saturated carbocycles. The number of hydrogen-bond donors (Lipinski definition) is 1. The highest BCUT2D eigenvalue weighted by atomic mass is 16.5. The number of carbonyl (C=O) groups excluding carboxylic acids is 2. The molecule has 3 aromatic rings. The smallest absolute Gasteiger partial charge is 0.280 e. The fourth-order valence-electron chi connectivity index (χ4n) is 3.27. The zero-order valence-corrected chi connectivity index (χ0v) is 15.2. The summed E-state index contributed by atoms with van der Waals surface area (Å²) in [5, 5.41) is 0.408. The largest absolute Gasteiger partial charge is 0.497 e. The monoisotopic (exact) mass is 378 g/mol. The van der Waals surface area contributed by atoms with E-state index in [1.54, 1.807) is 60.5 Å². The minimum absolute atomic E-state index is 0.0683. The Kier molecular flexibility index (Phi) is 4.52. The summed E-state index contributed by atoms with van der Waals surface area (Å²) < 4.78 is 6.25. The highest BCUT2D eigenvalue weighted by molar-refractivity contribution is 6.02. The Morgan fingerprint density at radius 1 is 1.18 bits per heavy atom. The number of fused-ring (bicyclic) bond motifs is 1. The molecule has 8 heteroatoms. The Morgan fingerprint density at radius 3 is 2.82 bits per heavy atom. The lowest BCUT2D eigenvalue weighted by atomic mass is 10.1. The van der Waals surface area contributed by atoms with Gasteiger partial charge in [0.1, 0.15) is 12.1 Å². The van der Waals surface area contributed by atoms with Crippen molar-refractivity contribution in [2.24, 2.45) is 5.92 Å². The van der Waals surface area contributed by atoms with E-state index in [9.17, 15) is 14.4 Å². The Labute approximate surface area is 160 Å². The highest BCUT2D eigenvalue weighted by Crippen LogP contribution is 2.28. The fourth-order valence-corrected chi connectivity index (χ4v) is 3.27. The van der Waals surface area contributed by atoms with E-state index in [1.807, 2.05) is 0 Å². The molecule has 142 valence electrons. The Balaban J connectivity index is 1.52. The van der Waals surface area contributed by atoms with Crippen LogP contribution in [0.15, 0.2) is 59.7 Å². The number of methoxy groups -OCH3 is 1. The first-order valence-corrected chi connectivity index (χ1v) is 8.78. The third-order valence-electron chi connectivity index (χ3n) is 4.76. The van der Waals surface area contributed by atoms with Crippen LogP contribution in [0.4, 0.5) is 5.69 Å². The third-order valence-corrected chi connectivity index (χ3v) is 4.76. The zero-order valence-electron chi connectivity index (χ0n) is 15.2. The number of hydrogen-bond acceptors (Lipinski definition) is 5. The van der Waals surface area contributed by atoms with E-state index in [4.69, 9.17) is 4.74 Å². The van der Waals surface area contributed by atoms with Crippen LogP contribution in [0.25, 0.3) is 10.9 Å². The topological polar surface area (TPSA) is 93.5 Å². The number of amides is 2. The van der Waals surface area contributed by atoms with Gasteiger partial charge in [-0.25, -0.2) is 9.66 Å². The number of nitrogens with one attached hydrogen (secondary N) is 1. The molecule has 0 unspecified atom stereocenters. The maximum Gasteiger partial charge on any atom is 0.280 e. The van der Waals surface area contributed by atoms with E-state index in [2.05, 4.69) is 10.4 Å². The molecule has 0 aliphatic carbocycles. The van der Waals surface area contributed by atoms with Crippen molar-refractivity contribution in [3.05, 3.63) is 65.2 Å². The first-order chi connectivity index (χ1) is 13.6. The van der Waals surface area contributed by atoms with Gasteiger partial charge in [-0.1, -0.05) is 18.2 Å². The number of benzene rings is 2. The summed E-state index contributed by atoms with van der Waals surface area (Å²) in [4.78, 5) is 43.3. The second-order valence-electron chi connectivity index (χ2n) is 6.52. The second kappa shape index (κ2) is 7.15. The number of ether oxygens (including phenoxy) is 1. The molecule has 1 atom stereocenters. The molecule has 4 rings (SSSR count). The number of anilines is 1. The van der Waals surface area contributed by atoms with Crippen LogP contribution in [-0.2, 0) is 9.59 Å². The van der Waals surface area contributed by atoms with E-state index in [0.717, 1.165) is 4.68 Å². The average Bonchev–Trinajstić information content (AvgIpc) is 3.12. The Morgan fingerprint density at radius 2 is 2.00 bits per heavy atom. The van der Waals surface area contributed by atoms with Crippen molar-refractivity contribution >= 4 is 28.4 Å². The minimum Gasteiger partial charge on any atom is -0.497 e. The number of nitrogens with zero attached hydrogens (tertiary/aromatic N) is 3. The van der Waals surface area contributed by atoms with E-state index in [-0.39, 0.29) is 24.4 Å². The summed E-state index contributed by atoms with van der Waals surface area (Å²) in [6.45, 7) is 0.230. The van der Waals surface area contributed by atoms with Gasteiger partial charge in [-0.05, 0) is 24.3 Å². The molecule has 8 nitrogen and oxygen atoms in total. The first-order valence-electron chi connectivity index (χ1n) is 8.78. The van der Waals surface area contributed by atoms with Gasteiger partial charge in [0.2, 0.25) is 11.8 Å². The maximum absolute atomic E-state index is 12.6. The number of aromatic nitrogens is 2. The SMILES string of the molecule is COc1cccc(N2C[C@@H](C(=O)Nn3cnc4ccccc4c3=O)CC2=O)c1. The van der Waals surface area contributed by atoms with Crippen LogP contribution in [0.3, 0.4) is 0 Å². The molecule has 28 heavy (non-hydrogen) atoms. The first kappa shape index (κ1) is 17.7. The lowest BCUT2D eigenvalue weighted by Crippen LogP contribution is -2.37. The zero-order chi connectivity index (χ0) is 19.7. The molecule has 2 amide bonds. The van der Waals surface area contributed by atoms with Crippen LogP contribution in [-0.4, -0.2) is 35.1 Å². The Hall–Kier alpha value is -3.68. The van der Waals surface area contributed by atoms with Crippen molar-refractivity contribution in [1.29, 1.82) is 0 Å². The molecule has 1 aliphatic heterocycles. The van der Waals surface area contributed by atoms with Gasteiger partial charge in [0.05, 0.1) is 23.9 Å². The van der Waals surface area contributed by atoms with E-state index in [0.29, 0.717) is 22.3 Å². The van der Waals surface area contributed by atoms with Crippen LogP contribution >= 0.6 is 0 Å². The lowest BCUT2D eigenvalue weighted by molar-refractivity contribution is -0.123. The van der Waals surface area contributed by atoms with E-state index in [1.165, 1.54) is 6.33 Å². The Bertz CT molecular complexity index is 1120. The second-order valence-corrected chi connectivity index (χ2v) is 6.52. The van der Waals surface area contributed by atoms with Gasteiger partial charge in [0.25, 0.3) is 5.56 Å². The molecule has 1 saturated heterocycles. The van der Waals surface area contributed by atoms with Gasteiger partial charge in [-0.2, -0.15) is 0 Å². The molecule has 1 N–H and O–H groups in total. The van der Waals surface area contributed by atoms with Gasteiger partial charge in [0.15, 0.2) is 0 Å². The van der Waals surface area contributed by atoms with Crippen molar-refractivity contribution < 1.29 is 14.3 Å². The summed E-state index contributed by atoms with van der Waals surface area (Å²) in [6, 6.07) is 14.0. The van der Waals surface area contributed by atoms with Gasteiger partial charge < -0.3 is 9.64 Å². The van der Waals surface area contributed by atoms with E-state index >= 15 is 0 Å². The summed E-state index contributed by atoms with van der Waals surface area (Å²) in [6.07, 6.45) is 1.35. The molecule has 0 radical (unpaired) electrons. The molecule has 1 fully saturated rings. The molecular weight excluding hydrogens is 360 g/mol. The average molecular weight is 378 g/mol. The van der Waals surface area contributed by atoms with Crippen LogP contribution in [0.2, 0.25) is 0 Å². The normalized spacial score (nSPS) is 16.4. The number of carbonyl (C=O) groups is 2. The molecule has 1 aromatic heterocycles. The molecule has 0 spiro atoms. The van der Waals surface area contributed by atoms with Crippen LogP contribution in [0.5, 0.6) is 5.75 Å². The number of rotatable bonds is 4. The molecule has 2 heterocycles. The lowest BCUT2D eigenvalue weighted by Gasteiger charge is -2.17. The van der Waals surface area contributed by atoms with Crippen molar-refractivity contribution in [3.8, 4) is 5.75 Å². The third kappa shape index (κ3) is 3.20. The van der Waals surface area contributed by atoms with Gasteiger partial charge in [0, 0.05) is 24.7 Å². The van der Waals surface area contributed by atoms with Crippen LogP contribution in [0, 0.1) is 5.92 Å². The predicted octanol–water partition coefficient (Wildman–Crippen LogP) is 1.53. The summed E-state index contributed by atoms with van der Waals surface area (Å²) >= 11 is 0. The quantitative estimate of drug-likeness (QED) is 0.743. The minimum atomic E-state index is -0.572. The number of para-hydroxylation sites is 1. The predicted molar refractivity (Wildman–Crippen MR) is 104 cm³/mol. The van der Waals surface area contributed by atoms with Crippen LogP contribution < -0.4 is 20.6 Å². The van der Waals surface area contributed by atoms with Crippen molar-refractivity contribution in [2.75, 3.05) is 24.0 Å². The fraction of sp³-hybridized carbons (Fsp3) is 0.200. The van der Waals surface area contributed by atoms with Gasteiger partial charge in [-0.15, -0.1) is 0 Å². The molecule has 1 aliphatic rings. The maximum atomic E-state index is 12.6. The summed E-state index contributed by atoms with van der Waals surface area (Å²) in [5.41, 5.74) is 3.42. The van der Waals surface area contributed by atoms with Crippen molar-refractivity contribution in [2.45, 2.75) is 6.42 Å². The summed E-state index contributed by atoms with van der Waals surface area (Å²) in [5.74, 6) is -0.501. The van der Waals surface area contributed by atoms with Gasteiger partial charge >= 0.3 is 0 Å².